The van der Waals surface area contributed by atoms with Crippen LogP contribution in [0.15, 0.2) is 102 Å². The van der Waals surface area contributed by atoms with Gasteiger partial charge in [-0.05, 0) is 48.5 Å². The molecule has 0 aliphatic heterocycles. The molecule has 42 heavy (non-hydrogen) atoms. The summed E-state index contributed by atoms with van der Waals surface area (Å²) in [5.41, 5.74) is 5.45. The molecular formula is C37H28N4O. The molecule has 0 radical (unpaired) electrons. The van der Waals surface area contributed by atoms with E-state index in [-0.39, 0.29) is 5.56 Å². The third-order valence-corrected chi connectivity index (χ3v) is 7.68. The quantitative estimate of drug-likeness (QED) is 0.193. The fraction of sp³-hybridized carbons (Fsp3) is 0.108. The zero-order valence-electron chi connectivity index (χ0n) is 23.9. The number of para-hydroxylation sites is 2. The topological polar surface area (TPSA) is 74.0 Å². The Hall–Kier alpha value is -5.65. The summed E-state index contributed by atoms with van der Waals surface area (Å²) >= 11 is 0. The molecule has 0 fully saturated rings. The van der Waals surface area contributed by atoms with Crippen molar-refractivity contribution < 1.29 is 0 Å². The maximum absolute atomic E-state index is 14.3. The molecular weight excluding hydrogens is 516 g/mol. The van der Waals surface area contributed by atoms with Crippen LogP contribution in [-0.4, -0.2) is 8.97 Å². The number of benzene rings is 5. The second-order valence-electron chi connectivity index (χ2n) is 9.59. The molecule has 0 aliphatic rings. The second kappa shape index (κ2) is 10.4. The highest BCUT2D eigenvalue weighted by molar-refractivity contribution is 6.35. The Bertz CT molecular complexity index is 2430. The highest BCUT2D eigenvalue weighted by Gasteiger charge is 2.24. The van der Waals surface area contributed by atoms with E-state index in [2.05, 4.69) is 22.6 Å². The summed E-state index contributed by atoms with van der Waals surface area (Å²) in [5.74, 6) is 0. The van der Waals surface area contributed by atoms with Crippen molar-refractivity contribution in [2.75, 3.05) is 0 Å². The minimum absolute atomic E-state index is 0.0836. The third-order valence-electron chi connectivity index (χ3n) is 7.68. The zero-order valence-corrected chi connectivity index (χ0v) is 23.9. The molecule has 0 saturated carbocycles. The van der Waals surface area contributed by atoms with Crippen LogP contribution >= 0.6 is 0 Å². The minimum Gasteiger partial charge on any atom is -0.308 e. The Kier molecular flexibility index (Phi) is 6.57. The molecule has 8 rings (SSSR count). The maximum Gasteiger partial charge on any atom is 0.263 e. The van der Waals surface area contributed by atoms with Gasteiger partial charge in [0.25, 0.3) is 5.56 Å². The first-order chi connectivity index (χ1) is 20.7. The summed E-state index contributed by atoms with van der Waals surface area (Å²) < 4.78 is 3.94. The molecule has 0 atom stereocenters. The van der Waals surface area contributed by atoms with Crippen molar-refractivity contribution >= 4 is 59.8 Å². The predicted octanol–water partition coefficient (Wildman–Crippen LogP) is 9.09. The number of hydrogen-bond donors (Lipinski definition) is 0. The first kappa shape index (κ1) is 26.6. The van der Waals surface area contributed by atoms with E-state index in [1.165, 1.54) is 0 Å². The van der Waals surface area contributed by atoms with Crippen LogP contribution in [0.4, 0.5) is 0 Å². The minimum atomic E-state index is -0.0836. The van der Waals surface area contributed by atoms with E-state index in [0.717, 1.165) is 60.1 Å². The van der Waals surface area contributed by atoms with Crippen molar-refractivity contribution in [3.8, 4) is 17.8 Å². The van der Waals surface area contributed by atoms with Crippen LogP contribution in [-0.2, 0) is 0 Å². The monoisotopic (exact) mass is 544 g/mol. The molecule has 202 valence electrons. The Labute approximate surface area is 243 Å². The lowest BCUT2D eigenvalue weighted by Gasteiger charge is -2.14. The summed E-state index contributed by atoms with van der Waals surface area (Å²) in [6.07, 6.45) is 0. The van der Waals surface area contributed by atoms with Crippen LogP contribution in [0, 0.1) is 22.7 Å². The Morgan fingerprint density at radius 1 is 0.548 bits per heavy atom. The van der Waals surface area contributed by atoms with Crippen molar-refractivity contribution in [3.05, 3.63) is 119 Å². The van der Waals surface area contributed by atoms with E-state index in [1.54, 1.807) is 4.57 Å². The van der Waals surface area contributed by atoms with Gasteiger partial charge in [-0.2, -0.15) is 10.5 Å². The lowest BCUT2D eigenvalue weighted by molar-refractivity contribution is 1.06. The van der Waals surface area contributed by atoms with E-state index >= 15 is 0 Å². The van der Waals surface area contributed by atoms with E-state index in [1.807, 2.05) is 119 Å². The van der Waals surface area contributed by atoms with Crippen molar-refractivity contribution in [3.63, 3.8) is 0 Å². The van der Waals surface area contributed by atoms with E-state index < -0.39 is 0 Å². The molecule has 3 aromatic heterocycles. The highest BCUT2D eigenvalue weighted by Crippen LogP contribution is 2.44. The van der Waals surface area contributed by atoms with Gasteiger partial charge in [-0.1, -0.05) is 76.2 Å². The van der Waals surface area contributed by atoms with Gasteiger partial charge >= 0.3 is 0 Å². The van der Waals surface area contributed by atoms with Crippen LogP contribution in [0.5, 0.6) is 0 Å². The first-order valence-electron chi connectivity index (χ1n) is 14.3. The van der Waals surface area contributed by atoms with Crippen molar-refractivity contribution in [1.29, 1.82) is 10.5 Å². The van der Waals surface area contributed by atoms with E-state index in [9.17, 15) is 15.3 Å². The second-order valence-corrected chi connectivity index (χ2v) is 9.59. The number of aromatic nitrogens is 2. The van der Waals surface area contributed by atoms with Gasteiger partial charge < -0.3 is 4.40 Å². The van der Waals surface area contributed by atoms with Crippen molar-refractivity contribution in [1.82, 2.24) is 8.97 Å². The average Bonchev–Trinajstić information content (AvgIpc) is 3.58. The number of nitriles is 2. The lowest BCUT2D eigenvalue weighted by Crippen LogP contribution is -2.19. The number of pyridine rings is 1. The number of nitrogens with zero attached hydrogens (tertiary/aromatic N) is 4. The summed E-state index contributed by atoms with van der Waals surface area (Å²) in [6.45, 7) is 8.00. The molecule has 5 nitrogen and oxygen atoms in total. The molecule has 5 heteroatoms. The molecule has 3 heterocycles. The molecule has 0 aliphatic carbocycles. The van der Waals surface area contributed by atoms with Gasteiger partial charge in [0.05, 0.1) is 45.3 Å². The standard InChI is InChI=1S/C33H16N4O.2C2H6/c34-17-19-10-12-22-25-16-26-30(23-8-4-5-9-27(23)36(33(26)38)21-6-2-1-3-7-21)31-24-13-11-20(18-35)15-29(24)37(32(25)31)28(22)14-19;2*1-2/h1-16H;2*1-2H3. The molecule has 0 amide bonds. The fourth-order valence-electron chi connectivity index (χ4n) is 6.15. The average molecular weight is 545 g/mol. The van der Waals surface area contributed by atoms with Gasteiger partial charge in [-0.15, -0.1) is 0 Å². The van der Waals surface area contributed by atoms with Crippen LogP contribution in [0.2, 0.25) is 0 Å². The summed E-state index contributed by atoms with van der Waals surface area (Å²) in [7, 11) is 0. The summed E-state index contributed by atoms with van der Waals surface area (Å²) in [5, 5.41) is 25.7. The number of hydrogen-bond acceptors (Lipinski definition) is 3. The Morgan fingerprint density at radius 3 is 1.79 bits per heavy atom. The molecule has 0 N–H and O–H groups in total. The van der Waals surface area contributed by atoms with Crippen LogP contribution in [0.1, 0.15) is 38.8 Å². The molecule has 5 aromatic carbocycles. The smallest absolute Gasteiger partial charge is 0.263 e. The predicted molar refractivity (Wildman–Crippen MR) is 174 cm³/mol. The molecule has 0 spiro atoms. The highest BCUT2D eigenvalue weighted by atomic mass is 16.1. The van der Waals surface area contributed by atoms with Crippen LogP contribution in [0.3, 0.4) is 0 Å². The van der Waals surface area contributed by atoms with Crippen molar-refractivity contribution in [2.24, 2.45) is 0 Å². The third kappa shape index (κ3) is 3.58. The number of fused-ring (bicyclic) bond motifs is 10. The molecule has 0 bridgehead atoms. The summed E-state index contributed by atoms with van der Waals surface area (Å²) in [6, 6.07) is 35.6. The largest absolute Gasteiger partial charge is 0.308 e. The van der Waals surface area contributed by atoms with Crippen molar-refractivity contribution in [2.45, 2.75) is 27.7 Å². The van der Waals surface area contributed by atoms with Gasteiger partial charge in [-0.3, -0.25) is 9.36 Å². The fourth-order valence-corrected chi connectivity index (χ4v) is 6.15. The van der Waals surface area contributed by atoms with Gasteiger partial charge in [0, 0.05) is 43.4 Å². The Balaban J connectivity index is 0.000000759. The van der Waals surface area contributed by atoms with E-state index in [4.69, 9.17) is 0 Å². The Morgan fingerprint density at radius 2 is 1.12 bits per heavy atom. The summed E-state index contributed by atoms with van der Waals surface area (Å²) in [4.78, 5) is 14.3. The zero-order chi connectivity index (χ0) is 29.5. The normalized spacial score (nSPS) is 10.9. The molecule has 0 unspecified atom stereocenters. The molecule has 0 saturated heterocycles. The van der Waals surface area contributed by atoms with E-state index in [0.29, 0.717) is 16.5 Å². The van der Waals surface area contributed by atoms with Gasteiger partial charge in [0.15, 0.2) is 0 Å². The molecule has 8 aromatic rings. The van der Waals surface area contributed by atoms with Crippen LogP contribution in [0.25, 0.3) is 65.5 Å². The van der Waals surface area contributed by atoms with Crippen LogP contribution < -0.4 is 5.56 Å². The number of rotatable bonds is 1. The first-order valence-corrected chi connectivity index (χ1v) is 14.3. The van der Waals surface area contributed by atoms with Gasteiger partial charge in [-0.25, -0.2) is 0 Å². The SMILES string of the molecule is CC.CC.N#Cc1ccc2c3cc4c(=O)n(-c5ccccc5)c5ccccc5c4c4c5ccc(C#N)cc5n(c2c1)c34. The van der Waals surface area contributed by atoms with Gasteiger partial charge in [0.1, 0.15) is 0 Å². The maximum atomic E-state index is 14.3. The lowest BCUT2D eigenvalue weighted by atomic mass is 9.97. The van der Waals surface area contributed by atoms with Gasteiger partial charge in [0.2, 0.25) is 0 Å².